The van der Waals surface area contributed by atoms with Crippen molar-refractivity contribution in [2.75, 3.05) is 20.8 Å². The molecule has 1 saturated heterocycles. The summed E-state index contributed by atoms with van der Waals surface area (Å²) in [6.45, 7) is -0.740. The molecule has 5 atom stereocenters. The van der Waals surface area contributed by atoms with Crippen LogP contribution >= 0.6 is 0 Å². The minimum atomic E-state index is -1.86. The SMILES string of the molecule is COc1cc(-c2oc3cc(O)cc(O)c3c(=O)c2O[C@@H]2O[C@H](CO)[C@@H](O)[C@@H](O)[C@@H]2O)cc(OC)c1O. The molecule has 0 aliphatic carbocycles. The molecule has 4 rings (SSSR count). The maximum atomic E-state index is 13.5. The fourth-order valence-corrected chi connectivity index (χ4v) is 3.87. The van der Waals surface area contributed by atoms with E-state index >= 15 is 0 Å². The number of methoxy groups -OCH3 is 2. The second-order valence-electron chi connectivity index (χ2n) is 7.97. The second-order valence-corrected chi connectivity index (χ2v) is 7.97. The smallest absolute Gasteiger partial charge is 0.239 e. The van der Waals surface area contributed by atoms with Crippen LogP contribution in [-0.4, -0.2) is 87.3 Å². The summed E-state index contributed by atoms with van der Waals surface area (Å²) >= 11 is 0. The van der Waals surface area contributed by atoms with Crippen LogP contribution in [0.1, 0.15) is 0 Å². The number of benzene rings is 2. The molecule has 1 fully saturated rings. The van der Waals surface area contributed by atoms with Gasteiger partial charge in [0.15, 0.2) is 17.3 Å². The van der Waals surface area contributed by atoms with Crippen LogP contribution in [0.4, 0.5) is 0 Å². The first-order valence-electron chi connectivity index (χ1n) is 10.6. The van der Waals surface area contributed by atoms with Gasteiger partial charge in [-0.05, 0) is 12.1 Å². The van der Waals surface area contributed by atoms with E-state index in [0.29, 0.717) is 0 Å². The Morgan fingerprint density at radius 3 is 2.14 bits per heavy atom. The molecule has 2 aromatic carbocycles. The summed E-state index contributed by atoms with van der Waals surface area (Å²) in [5.74, 6) is -2.44. The van der Waals surface area contributed by atoms with Gasteiger partial charge in [-0.2, -0.15) is 0 Å². The van der Waals surface area contributed by atoms with Gasteiger partial charge in [-0.25, -0.2) is 0 Å². The predicted octanol–water partition coefficient (Wildman–Crippen LogP) is -0.227. The summed E-state index contributed by atoms with van der Waals surface area (Å²) in [6.07, 6.45) is -8.42. The van der Waals surface area contributed by atoms with Gasteiger partial charge in [0, 0.05) is 17.7 Å². The Morgan fingerprint density at radius 1 is 0.917 bits per heavy atom. The second kappa shape index (κ2) is 9.72. The normalized spacial score (nSPS) is 24.0. The number of hydrogen-bond acceptors (Lipinski definition) is 13. The zero-order chi connectivity index (χ0) is 26.3. The zero-order valence-corrected chi connectivity index (χ0v) is 19.0. The summed E-state index contributed by atoms with van der Waals surface area (Å²) in [6, 6.07) is 4.55. The molecule has 0 radical (unpaired) electrons. The first-order chi connectivity index (χ1) is 17.1. The lowest BCUT2D eigenvalue weighted by Crippen LogP contribution is -2.60. The Hall–Kier alpha value is -3.75. The average molecular weight is 508 g/mol. The quantitative estimate of drug-likeness (QED) is 0.230. The molecule has 13 heteroatoms. The summed E-state index contributed by atoms with van der Waals surface area (Å²) in [5.41, 5.74) is -1.12. The number of fused-ring (bicyclic) bond motifs is 1. The van der Waals surface area contributed by atoms with Crippen molar-refractivity contribution in [2.24, 2.45) is 0 Å². The van der Waals surface area contributed by atoms with E-state index in [1.807, 2.05) is 0 Å². The van der Waals surface area contributed by atoms with Crippen molar-refractivity contribution in [2.45, 2.75) is 30.7 Å². The standard InChI is InChI=1S/C23H24O13/c1-32-12-3-8(4-13(33-2)16(12)27)21-22(18(29)15-10(26)5-9(25)6-11(15)34-21)36-23-20(31)19(30)17(28)14(7-24)35-23/h3-6,14,17,19-20,23-28,30-31H,7H2,1-2H3/t14-,17-,19-,20+,23+/m1/s1. The van der Waals surface area contributed by atoms with Crippen molar-refractivity contribution in [3.63, 3.8) is 0 Å². The van der Waals surface area contributed by atoms with Gasteiger partial charge in [0.05, 0.1) is 20.8 Å². The first-order valence-corrected chi connectivity index (χ1v) is 10.6. The van der Waals surface area contributed by atoms with Crippen molar-refractivity contribution < 1.29 is 59.1 Å². The summed E-state index contributed by atoms with van der Waals surface area (Å²) in [5, 5.41) is 70.1. The van der Waals surface area contributed by atoms with Crippen LogP contribution in [-0.2, 0) is 4.74 Å². The van der Waals surface area contributed by atoms with E-state index in [-0.39, 0.29) is 39.5 Å². The van der Waals surface area contributed by atoms with Crippen molar-refractivity contribution in [1.82, 2.24) is 0 Å². The number of phenolic OH excluding ortho intramolecular Hbond substituents is 3. The minimum Gasteiger partial charge on any atom is -0.508 e. The number of aromatic hydroxyl groups is 3. The highest BCUT2D eigenvalue weighted by Gasteiger charge is 2.45. The molecule has 0 bridgehead atoms. The molecular formula is C23H24O13. The van der Waals surface area contributed by atoms with Crippen LogP contribution in [0.25, 0.3) is 22.3 Å². The summed E-state index contributed by atoms with van der Waals surface area (Å²) in [4.78, 5) is 13.5. The highest BCUT2D eigenvalue weighted by atomic mass is 16.7. The third kappa shape index (κ3) is 4.23. The van der Waals surface area contributed by atoms with Crippen molar-refractivity contribution in [1.29, 1.82) is 0 Å². The Morgan fingerprint density at radius 2 is 1.56 bits per heavy atom. The third-order valence-corrected chi connectivity index (χ3v) is 5.74. The van der Waals surface area contributed by atoms with Crippen molar-refractivity contribution in [3.05, 3.63) is 34.5 Å². The number of rotatable bonds is 6. The monoisotopic (exact) mass is 508 g/mol. The van der Waals surface area contributed by atoms with Crippen LogP contribution in [0.3, 0.4) is 0 Å². The van der Waals surface area contributed by atoms with E-state index in [1.165, 1.54) is 26.4 Å². The molecule has 194 valence electrons. The summed E-state index contributed by atoms with van der Waals surface area (Å²) < 4.78 is 27.1. The van der Waals surface area contributed by atoms with E-state index in [9.17, 15) is 40.5 Å². The van der Waals surface area contributed by atoms with Crippen LogP contribution in [0.15, 0.2) is 33.5 Å². The Bertz CT molecular complexity index is 1310. The molecule has 36 heavy (non-hydrogen) atoms. The first kappa shape index (κ1) is 25.3. The van der Waals surface area contributed by atoms with E-state index < -0.39 is 60.0 Å². The van der Waals surface area contributed by atoms with E-state index in [2.05, 4.69) is 0 Å². The molecule has 3 aromatic rings. The summed E-state index contributed by atoms with van der Waals surface area (Å²) in [7, 11) is 2.55. The maximum absolute atomic E-state index is 13.5. The fraction of sp³-hybridized carbons (Fsp3) is 0.348. The molecule has 1 aliphatic rings. The van der Waals surface area contributed by atoms with E-state index in [1.54, 1.807) is 0 Å². The molecule has 0 unspecified atom stereocenters. The topological polar surface area (TPSA) is 209 Å². The molecule has 1 aromatic heterocycles. The van der Waals surface area contributed by atoms with Crippen LogP contribution in [0.2, 0.25) is 0 Å². The lowest BCUT2D eigenvalue weighted by atomic mass is 9.99. The van der Waals surface area contributed by atoms with Gasteiger partial charge < -0.3 is 59.1 Å². The van der Waals surface area contributed by atoms with Gasteiger partial charge in [0.2, 0.25) is 23.2 Å². The largest absolute Gasteiger partial charge is 0.508 e. The molecule has 0 spiro atoms. The number of ether oxygens (including phenoxy) is 4. The maximum Gasteiger partial charge on any atom is 0.239 e. The highest BCUT2D eigenvalue weighted by molar-refractivity contribution is 5.88. The van der Waals surface area contributed by atoms with E-state index in [4.69, 9.17) is 23.4 Å². The van der Waals surface area contributed by atoms with Crippen molar-refractivity contribution in [3.8, 4) is 45.8 Å². The lowest BCUT2D eigenvalue weighted by Gasteiger charge is -2.39. The molecule has 2 heterocycles. The van der Waals surface area contributed by atoms with Gasteiger partial charge in [-0.3, -0.25) is 4.79 Å². The highest BCUT2D eigenvalue weighted by Crippen LogP contribution is 2.43. The number of aliphatic hydroxyl groups excluding tert-OH is 4. The lowest BCUT2D eigenvalue weighted by molar-refractivity contribution is -0.277. The molecule has 13 nitrogen and oxygen atoms in total. The Labute approximate surface area is 202 Å². The van der Waals surface area contributed by atoms with E-state index in [0.717, 1.165) is 12.1 Å². The Kier molecular flexibility index (Phi) is 6.84. The molecule has 0 saturated carbocycles. The number of aliphatic hydroxyl groups is 4. The number of phenols is 3. The van der Waals surface area contributed by atoms with Gasteiger partial charge in [-0.1, -0.05) is 0 Å². The van der Waals surface area contributed by atoms with Crippen LogP contribution in [0.5, 0.6) is 34.5 Å². The predicted molar refractivity (Wildman–Crippen MR) is 120 cm³/mol. The minimum absolute atomic E-state index is 0.0651. The zero-order valence-electron chi connectivity index (χ0n) is 19.0. The van der Waals surface area contributed by atoms with Gasteiger partial charge in [0.1, 0.15) is 46.9 Å². The van der Waals surface area contributed by atoms with Crippen molar-refractivity contribution >= 4 is 11.0 Å². The van der Waals surface area contributed by atoms with Gasteiger partial charge in [-0.15, -0.1) is 0 Å². The van der Waals surface area contributed by atoms with Crippen LogP contribution in [0, 0.1) is 0 Å². The van der Waals surface area contributed by atoms with Crippen LogP contribution < -0.4 is 19.6 Å². The van der Waals surface area contributed by atoms with Gasteiger partial charge in [0.25, 0.3) is 0 Å². The average Bonchev–Trinajstić information content (AvgIpc) is 2.85. The Balaban J connectivity index is 1.96. The fourth-order valence-electron chi connectivity index (χ4n) is 3.87. The molecule has 7 N–H and O–H groups in total. The molecular weight excluding hydrogens is 484 g/mol. The third-order valence-electron chi connectivity index (χ3n) is 5.74. The molecule has 1 aliphatic heterocycles. The molecule has 0 amide bonds. The van der Waals surface area contributed by atoms with Gasteiger partial charge >= 0.3 is 0 Å². The number of hydrogen-bond donors (Lipinski definition) is 7.